The second-order valence-corrected chi connectivity index (χ2v) is 6.18. The fraction of sp³-hybridized carbons (Fsp3) is 1.00. The molecule has 0 fully saturated rings. The van der Waals surface area contributed by atoms with Crippen LogP contribution in [0.25, 0.3) is 0 Å². The molecule has 0 aliphatic heterocycles. The minimum Gasteiger partial charge on any atom is -0.395 e. The highest BCUT2D eigenvalue weighted by Gasteiger charge is 2.26. The molecular formula is C12H26BrNO. The van der Waals surface area contributed by atoms with Gasteiger partial charge in [0.25, 0.3) is 0 Å². The second-order valence-electron chi connectivity index (χ2n) is 5.53. The third kappa shape index (κ3) is 5.88. The predicted octanol–water partition coefficient (Wildman–Crippen LogP) is 2.75. The first-order valence-electron chi connectivity index (χ1n) is 5.73. The maximum absolute atomic E-state index is 9.02. The van der Waals surface area contributed by atoms with E-state index in [4.69, 9.17) is 5.11 Å². The monoisotopic (exact) mass is 279 g/mol. The molecular weight excluding hydrogens is 254 g/mol. The Morgan fingerprint density at radius 2 is 1.80 bits per heavy atom. The van der Waals surface area contributed by atoms with Crippen LogP contribution in [0.5, 0.6) is 0 Å². The highest BCUT2D eigenvalue weighted by molar-refractivity contribution is 9.09. The molecule has 0 aromatic rings. The molecule has 1 atom stereocenters. The summed E-state index contributed by atoms with van der Waals surface area (Å²) in [5.41, 5.74) is 0.312. The Morgan fingerprint density at radius 3 is 2.07 bits per heavy atom. The first-order chi connectivity index (χ1) is 6.82. The molecule has 0 bridgehead atoms. The van der Waals surface area contributed by atoms with E-state index in [2.05, 4.69) is 55.4 Å². The van der Waals surface area contributed by atoms with Crippen molar-refractivity contribution in [2.75, 3.05) is 25.0 Å². The van der Waals surface area contributed by atoms with Gasteiger partial charge in [0.2, 0.25) is 0 Å². The van der Waals surface area contributed by atoms with E-state index in [0.29, 0.717) is 17.4 Å². The van der Waals surface area contributed by atoms with Crippen molar-refractivity contribution in [3.8, 4) is 0 Å². The molecule has 0 heterocycles. The van der Waals surface area contributed by atoms with E-state index in [1.807, 2.05) is 0 Å². The maximum atomic E-state index is 9.02. The van der Waals surface area contributed by atoms with Gasteiger partial charge in [0, 0.05) is 24.5 Å². The molecule has 15 heavy (non-hydrogen) atoms. The number of aliphatic hydroxyl groups is 1. The average Bonchev–Trinajstić information content (AvgIpc) is 2.09. The summed E-state index contributed by atoms with van der Waals surface area (Å²) in [6, 6.07) is 0.501. The zero-order valence-electron chi connectivity index (χ0n) is 10.8. The molecule has 0 aliphatic rings. The third-order valence-electron chi connectivity index (χ3n) is 2.98. The lowest BCUT2D eigenvalue weighted by molar-refractivity contribution is 0.115. The highest BCUT2D eigenvalue weighted by atomic mass is 79.9. The molecule has 1 unspecified atom stereocenters. The number of alkyl halides is 1. The van der Waals surface area contributed by atoms with Crippen LogP contribution in [0.1, 0.15) is 34.6 Å². The molecule has 2 nitrogen and oxygen atoms in total. The number of hydrogen-bond acceptors (Lipinski definition) is 2. The van der Waals surface area contributed by atoms with Crippen LogP contribution in [0, 0.1) is 11.3 Å². The van der Waals surface area contributed by atoms with E-state index in [1.165, 1.54) is 0 Å². The molecule has 0 aliphatic carbocycles. The van der Waals surface area contributed by atoms with Crippen molar-refractivity contribution in [1.82, 2.24) is 4.90 Å². The van der Waals surface area contributed by atoms with Crippen molar-refractivity contribution < 1.29 is 5.11 Å². The van der Waals surface area contributed by atoms with Crippen molar-refractivity contribution in [2.24, 2.45) is 11.3 Å². The largest absolute Gasteiger partial charge is 0.395 e. The molecule has 0 aromatic heterocycles. The number of aliphatic hydroxyl groups excluding tert-OH is 1. The fourth-order valence-electron chi connectivity index (χ4n) is 1.53. The maximum Gasteiger partial charge on any atom is 0.0558 e. The Labute approximate surface area is 103 Å². The van der Waals surface area contributed by atoms with Crippen LogP contribution in [0.3, 0.4) is 0 Å². The highest BCUT2D eigenvalue weighted by Crippen LogP contribution is 2.28. The van der Waals surface area contributed by atoms with Gasteiger partial charge >= 0.3 is 0 Å². The van der Waals surface area contributed by atoms with Gasteiger partial charge in [0.15, 0.2) is 0 Å². The van der Waals surface area contributed by atoms with Gasteiger partial charge in [0.1, 0.15) is 0 Å². The molecule has 0 rings (SSSR count). The lowest BCUT2D eigenvalue weighted by Crippen LogP contribution is -2.41. The van der Waals surface area contributed by atoms with E-state index in [9.17, 15) is 0 Å². The smallest absolute Gasteiger partial charge is 0.0558 e. The van der Waals surface area contributed by atoms with Gasteiger partial charge in [-0.15, -0.1) is 0 Å². The number of halogens is 1. The zero-order valence-corrected chi connectivity index (χ0v) is 12.3. The van der Waals surface area contributed by atoms with Gasteiger partial charge in [-0.2, -0.15) is 0 Å². The van der Waals surface area contributed by atoms with Crippen molar-refractivity contribution in [3.63, 3.8) is 0 Å². The molecule has 0 amide bonds. The molecule has 0 radical (unpaired) electrons. The quantitative estimate of drug-likeness (QED) is 0.756. The molecule has 0 saturated carbocycles. The molecule has 92 valence electrons. The summed E-state index contributed by atoms with van der Waals surface area (Å²) in [5, 5.41) is 10.0. The Kier molecular flexibility index (Phi) is 7.05. The summed E-state index contributed by atoms with van der Waals surface area (Å²) in [4.78, 5) is 2.34. The van der Waals surface area contributed by atoms with Crippen LogP contribution in [0.2, 0.25) is 0 Å². The Morgan fingerprint density at radius 1 is 1.27 bits per heavy atom. The SMILES string of the molecule is CC(C)N(CCO)CC(CBr)C(C)(C)C. The van der Waals surface area contributed by atoms with E-state index < -0.39 is 0 Å². The topological polar surface area (TPSA) is 23.5 Å². The van der Waals surface area contributed by atoms with Gasteiger partial charge in [0.05, 0.1) is 6.61 Å². The Balaban J connectivity index is 4.35. The summed E-state index contributed by atoms with van der Waals surface area (Å²) < 4.78 is 0. The molecule has 3 heteroatoms. The first kappa shape index (κ1) is 15.4. The van der Waals surface area contributed by atoms with Gasteiger partial charge in [-0.05, 0) is 25.2 Å². The summed E-state index contributed by atoms with van der Waals surface area (Å²) in [5.74, 6) is 0.617. The first-order valence-corrected chi connectivity index (χ1v) is 6.86. The van der Waals surface area contributed by atoms with Crippen molar-refractivity contribution in [1.29, 1.82) is 0 Å². The summed E-state index contributed by atoms with van der Waals surface area (Å²) in [6.45, 7) is 13.3. The van der Waals surface area contributed by atoms with Crippen LogP contribution >= 0.6 is 15.9 Å². The van der Waals surface area contributed by atoms with E-state index >= 15 is 0 Å². The number of nitrogens with zero attached hydrogens (tertiary/aromatic N) is 1. The van der Waals surface area contributed by atoms with Gasteiger partial charge in [-0.3, -0.25) is 4.90 Å². The fourth-order valence-corrected chi connectivity index (χ4v) is 2.70. The summed E-state index contributed by atoms with van der Waals surface area (Å²) in [6.07, 6.45) is 0. The third-order valence-corrected chi connectivity index (χ3v) is 3.76. The van der Waals surface area contributed by atoms with Crippen LogP contribution in [0.15, 0.2) is 0 Å². The van der Waals surface area contributed by atoms with Crippen molar-refractivity contribution >= 4 is 15.9 Å². The minimum absolute atomic E-state index is 0.247. The lowest BCUT2D eigenvalue weighted by atomic mass is 9.81. The van der Waals surface area contributed by atoms with Gasteiger partial charge in [-0.25, -0.2) is 0 Å². The normalized spacial score (nSPS) is 15.0. The van der Waals surface area contributed by atoms with E-state index in [1.54, 1.807) is 0 Å². The number of hydrogen-bond donors (Lipinski definition) is 1. The molecule has 1 N–H and O–H groups in total. The van der Waals surface area contributed by atoms with E-state index in [0.717, 1.165) is 18.4 Å². The lowest BCUT2D eigenvalue weighted by Gasteiger charge is -2.36. The van der Waals surface area contributed by atoms with Gasteiger partial charge in [-0.1, -0.05) is 36.7 Å². The summed E-state index contributed by atoms with van der Waals surface area (Å²) in [7, 11) is 0. The zero-order chi connectivity index (χ0) is 12.1. The van der Waals surface area contributed by atoms with Crippen LogP contribution < -0.4 is 0 Å². The van der Waals surface area contributed by atoms with Crippen molar-refractivity contribution in [3.05, 3.63) is 0 Å². The van der Waals surface area contributed by atoms with Crippen LogP contribution in [0.4, 0.5) is 0 Å². The van der Waals surface area contributed by atoms with Crippen LogP contribution in [-0.2, 0) is 0 Å². The van der Waals surface area contributed by atoms with Gasteiger partial charge < -0.3 is 5.11 Å². The summed E-state index contributed by atoms with van der Waals surface area (Å²) >= 11 is 3.59. The second kappa shape index (κ2) is 6.87. The Bertz CT molecular complexity index is 165. The average molecular weight is 280 g/mol. The predicted molar refractivity (Wildman–Crippen MR) is 70.5 cm³/mol. The number of rotatable bonds is 6. The molecule has 0 spiro atoms. The van der Waals surface area contributed by atoms with Crippen LogP contribution in [-0.4, -0.2) is 41.1 Å². The van der Waals surface area contributed by atoms with E-state index in [-0.39, 0.29) is 6.61 Å². The molecule has 0 saturated heterocycles. The molecule has 0 aromatic carbocycles. The Hall–Kier alpha value is 0.400. The standard InChI is InChI=1S/C12H26BrNO/c1-10(2)14(6-7-15)9-11(8-13)12(3,4)5/h10-11,15H,6-9H2,1-5H3. The van der Waals surface area contributed by atoms with Crippen molar-refractivity contribution in [2.45, 2.75) is 40.7 Å². The minimum atomic E-state index is 0.247.